The Hall–Kier alpha value is -0.830. The molecular formula is C9H13ClN2O4S2. The molecule has 0 saturated carbocycles. The summed E-state index contributed by atoms with van der Waals surface area (Å²) in [7, 11) is -7.43. The first-order chi connectivity index (χ1) is 8.04. The first kappa shape index (κ1) is 15.2. The van der Waals surface area contributed by atoms with Gasteiger partial charge in [0.25, 0.3) is 0 Å². The fourth-order valence-electron chi connectivity index (χ4n) is 1.08. The second kappa shape index (κ2) is 5.04. The summed E-state index contributed by atoms with van der Waals surface area (Å²) in [6.45, 7) is 3.03. The summed E-state index contributed by atoms with van der Waals surface area (Å²) in [6, 6.07) is 3.63. The van der Waals surface area contributed by atoms with Gasteiger partial charge in [0.2, 0.25) is 20.0 Å². The molecule has 0 bridgehead atoms. The van der Waals surface area contributed by atoms with Crippen molar-refractivity contribution in [2.75, 3.05) is 4.72 Å². The second-order valence-corrected chi connectivity index (χ2v) is 8.06. The van der Waals surface area contributed by atoms with Crippen LogP contribution in [0.4, 0.5) is 5.69 Å². The minimum Gasteiger partial charge on any atom is -0.283 e. The molecule has 0 fully saturated rings. The molecule has 1 aromatic carbocycles. The Kier molecular flexibility index (Phi) is 4.26. The fraction of sp³-hybridized carbons (Fsp3) is 0.333. The number of primary sulfonamides is 1. The lowest BCUT2D eigenvalue weighted by molar-refractivity contribution is 0.592. The maximum absolute atomic E-state index is 11.6. The van der Waals surface area contributed by atoms with Gasteiger partial charge >= 0.3 is 0 Å². The smallest absolute Gasteiger partial charge is 0.239 e. The van der Waals surface area contributed by atoms with Gasteiger partial charge in [0.05, 0.1) is 16.0 Å². The zero-order valence-electron chi connectivity index (χ0n) is 9.71. The average Bonchev–Trinajstić information content (AvgIpc) is 2.14. The Balaban J connectivity index is 3.15. The van der Waals surface area contributed by atoms with Gasteiger partial charge in [0.15, 0.2) is 0 Å². The lowest BCUT2D eigenvalue weighted by Gasteiger charge is -2.11. The van der Waals surface area contributed by atoms with Crippen LogP contribution in [0.2, 0.25) is 5.02 Å². The molecule has 1 aromatic rings. The van der Waals surface area contributed by atoms with E-state index in [1.807, 2.05) is 0 Å². The summed E-state index contributed by atoms with van der Waals surface area (Å²) in [4.78, 5) is -0.253. The molecule has 18 heavy (non-hydrogen) atoms. The van der Waals surface area contributed by atoms with Crippen LogP contribution in [0.1, 0.15) is 13.8 Å². The SMILES string of the molecule is CC(C)S(=O)(=O)Nc1ccc(S(N)(=O)=O)c(Cl)c1. The third kappa shape index (κ3) is 3.58. The Morgan fingerprint density at radius 3 is 2.17 bits per heavy atom. The number of benzene rings is 1. The van der Waals surface area contributed by atoms with Gasteiger partial charge in [0, 0.05) is 0 Å². The first-order valence-electron chi connectivity index (χ1n) is 4.88. The van der Waals surface area contributed by atoms with Crippen molar-refractivity contribution in [3.8, 4) is 0 Å². The molecule has 1 rings (SSSR count). The molecule has 9 heteroatoms. The van der Waals surface area contributed by atoms with Crippen LogP contribution in [0, 0.1) is 0 Å². The highest BCUT2D eigenvalue weighted by Crippen LogP contribution is 2.24. The van der Waals surface area contributed by atoms with Gasteiger partial charge in [-0.05, 0) is 32.0 Å². The molecule has 0 unspecified atom stereocenters. The van der Waals surface area contributed by atoms with Gasteiger partial charge in [-0.3, -0.25) is 4.72 Å². The molecule has 0 atom stereocenters. The van der Waals surface area contributed by atoms with Crippen molar-refractivity contribution < 1.29 is 16.8 Å². The number of hydrogen-bond donors (Lipinski definition) is 2. The first-order valence-corrected chi connectivity index (χ1v) is 8.35. The topological polar surface area (TPSA) is 106 Å². The number of nitrogens with one attached hydrogen (secondary N) is 1. The summed E-state index contributed by atoms with van der Waals surface area (Å²) >= 11 is 5.73. The minimum absolute atomic E-state index is 0.138. The van der Waals surface area contributed by atoms with Gasteiger partial charge in [0.1, 0.15) is 4.90 Å². The quantitative estimate of drug-likeness (QED) is 0.869. The van der Waals surface area contributed by atoms with E-state index in [1.165, 1.54) is 26.0 Å². The van der Waals surface area contributed by atoms with E-state index in [1.54, 1.807) is 0 Å². The van der Waals surface area contributed by atoms with Crippen LogP contribution in [-0.4, -0.2) is 22.1 Å². The number of nitrogens with two attached hydrogens (primary N) is 1. The zero-order chi connectivity index (χ0) is 14.1. The van der Waals surface area contributed by atoms with Crippen LogP contribution in [-0.2, 0) is 20.0 Å². The fourth-order valence-corrected chi connectivity index (χ4v) is 2.86. The van der Waals surface area contributed by atoms with Crippen LogP contribution in [0.5, 0.6) is 0 Å². The zero-order valence-corrected chi connectivity index (χ0v) is 12.1. The van der Waals surface area contributed by atoms with E-state index in [-0.39, 0.29) is 15.6 Å². The average molecular weight is 313 g/mol. The number of rotatable bonds is 4. The monoisotopic (exact) mass is 312 g/mol. The highest BCUT2D eigenvalue weighted by atomic mass is 35.5. The summed E-state index contributed by atoms with van der Waals surface area (Å²) in [5.41, 5.74) is 0.182. The van der Waals surface area contributed by atoms with Crippen LogP contribution in [0.15, 0.2) is 23.1 Å². The molecule has 0 radical (unpaired) electrons. The highest BCUT2D eigenvalue weighted by molar-refractivity contribution is 7.93. The van der Waals surface area contributed by atoms with Gasteiger partial charge in [-0.15, -0.1) is 0 Å². The third-order valence-electron chi connectivity index (χ3n) is 2.12. The van der Waals surface area contributed by atoms with E-state index in [0.29, 0.717) is 0 Å². The Bertz CT molecular complexity index is 653. The molecule has 0 saturated heterocycles. The van der Waals surface area contributed by atoms with Crippen LogP contribution in [0.25, 0.3) is 0 Å². The predicted molar refractivity (Wildman–Crippen MR) is 70.5 cm³/mol. The maximum atomic E-state index is 11.6. The lowest BCUT2D eigenvalue weighted by Crippen LogP contribution is -2.22. The molecule has 0 amide bonds. The maximum Gasteiger partial charge on any atom is 0.239 e. The molecular weight excluding hydrogens is 300 g/mol. The largest absolute Gasteiger partial charge is 0.283 e. The van der Waals surface area contributed by atoms with Crippen molar-refractivity contribution >= 4 is 37.3 Å². The Labute approximate surface area is 111 Å². The summed E-state index contributed by atoms with van der Waals surface area (Å²) in [5.74, 6) is 0. The standard InChI is InChI=1S/C9H13ClN2O4S2/c1-6(2)18(15,16)12-7-3-4-9(8(10)5-7)17(11,13)14/h3-6,12H,1-2H3,(H2,11,13,14). The molecule has 0 aliphatic carbocycles. The van der Waals surface area contributed by atoms with E-state index in [4.69, 9.17) is 16.7 Å². The minimum atomic E-state index is -3.92. The van der Waals surface area contributed by atoms with Crippen molar-refractivity contribution in [2.45, 2.75) is 24.0 Å². The molecule has 3 N–H and O–H groups in total. The second-order valence-electron chi connectivity index (χ2n) is 3.89. The number of anilines is 1. The third-order valence-corrected chi connectivity index (χ3v) is 5.27. The van der Waals surface area contributed by atoms with Gasteiger partial charge in [-0.2, -0.15) is 0 Å². The van der Waals surface area contributed by atoms with Crippen molar-refractivity contribution in [3.63, 3.8) is 0 Å². The van der Waals surface area contributed by atoms with Crippen LogP contribution in [0.3, 0.4) is 0 Å². The number of sulfonamides is 2. The normalized spacial score (nSPS) is 12.7. The number of halogens is 1. The molecule has 0 spiro atoms. The molecule has 0 heterocycles. The summed E-state index contributed by atoms with van der Waals surface area (Å²) < 4.78 is 47.7. The highest BCUT2D eigenvalue weighted by Gasteiger charge is 2.18. The van der Waals surface area contributed by atoms with Crippen LogP contribution >= 0.6 is 11.6 Å². The molecule has 6 nitrogen and oxygen atoms in total. The van der Waals surface area contributed by atoms with Crippen molar-refractivity contribution in [1.29, 1.82) is 0 Å². The molecule has 102 valence electrons. The van der Waals surface area contributed by atoms with Crippen molar-refractivity contribution in [3.05, 3.63) is 23.2 Å². The van der Waals surface area contributed by atoms with E-state index in [2.05, 4.69) is 4.72 Å². The summed E-state index contributed by atoms with van der Waals surface area (Å²) in [6.07, 6.45) is 0. The van der Waals surface area contributed by atoms with Crippen molar-refractivity contribution in [1.82, 2.24) is 0 Å². The molecule has 0 aliphatic rings. The Morgan fingerprint density at radius 2 is 1.78 bits per heavy atom. The van der Waals surface area contributed by atoms with Crippen molar-refractivity contribution in [2.24, 2.45) is 5.14 Å². The lowest BCUT2D eigenvalue weighted by atomic mass is 10.3. The van der Waals surface area contributed by atoms with Gasteiger partial charge in [-0.1, -0.05) is 11.6 Å². The van der Waals surface area contributed by atoms with E-state index < -0.39 is 25.3 Å². The summed E-state index contributed by atoms with van der Waals surface area (Å²) in [5, 5.41) is 4.18. The van der Waals surface area contributed by atoms with Gasteiger partial charge in [-0.25, -0.2) is 22.0 Å². The number of hydrogen-bond acceptors (Lipinski definition) is 4. The van der Waals surface area contributed by atoms with E-state index >= 15 is 0 Å². The van der Waals surface area contributed by atoms with Gasteiger partial charge < -0.3 is 0 Å². The van der Waals surface area contributed by atoms with E-state index in [9.17, 15) is 16.8 Å². The predicted octanol–water partition coefficient (Wildman–Crippen LogP) is 1.14. The molecule has 0 aromatic heterocycles. The van der Waals surface area contributed by atoms with Crippen LogP contribution < -0.4 is 9.86 Å². The Morgan fingerprint density at radius 1 is 1.22 bits per heavy atom. The van der Waals surface area contributed by atoms with E-state index in [0.717, 1.165) is 6.07 Å². The molecule has 0 aliphatic heterocycles.